The van der Waals surface area contributed by atoms with Gasteiger partial charge in [-0.15, -0.1) is 0 Å². The van der Waals surface area contributed by atoms with E-state index in [9.17, 15) is 24.3 Å². The molecule has 3 saturated heterocycles. The van der Waals surface area contributed by atoms with Gasteiger partial charge < -0.3 is 14.9 Å². The Labute approximate surface area is 242 Å². The summed E-state index contributed by atoms with van der Waals surface area (Å²) < 4.78 is 2.03. The topological polar surface area (TPSA) is 102 Å². The van der Waals surface area contributed by atoms with Gasteiger partial charge in [0.15, 0.2) is 18.9 Å². The van der Waals surface area contributed by atoms with E-state index in [-0.39, 0.29) is 64.9 Å². The molecule has 0 aliphatic carbocycles. The van der Waals surface area contributed by atoms with Crippen molar-refractivity contribution in [2.24, 2.45) is 5.92 Å². The fourth-order valence-corrected chi connectivity index (χ4v) is 6.19. The average molecular weight is 524 g/mol. The number of carboxylic acid groups (broad SMARTS) is 1. The van der Waals surface area contributed by atoms with Crippen LogP contribution in [0.4, 0.5) is 5.69 Å². The molecule has 10 heteroatoms. The van der Waals surface area contributed by atoms with Gasteiger partial charge in [-0.05, 0) is 30.6 Å². The fraction of sp³-hybridized carbons (Fsp3) is 0.321. The molecule has 2 aromatic rings. The van der Waals surface area contributed by atoms with Crippen LogP contribution in [0.25, 0.3) is 0 Å². The molecule has 1 aromatic carbocycles. The molecule has 5 heterocycles. The number of carbonyl (C=O) groups excluding carboxylic acids is 3. The van der Waals surface area contributed by atoms with E-state index in [1.807, 2.05) is 47.3 Å². The second-order valence-electron chi connectivity index (χ2n) is 10.1. The Morgan fingerprint density at radius 1 is 1.13 bits per heavy atom. The van der Waals surface area contributed by atoms with Gasteiger partial charge in [-0.25, -0.2) is 4.79 Å². The van der Waals surface area contributed by atoms with Gasteiger partial charge in [-0.3, -0.25) is 19.3 Å². The number of likely N-dealkylation sites (tertiary alicyclic amines) is 1. The van der Waals surface area contributed by atoms with E-state index < -0.39 is 12.0 Å². The number of rotatable bonds is 5. The SMILES string of the molecule is CC(=O)N1C[C@H]2CC(/C=C3\CCN(c4ccc[n+](Cc5ccccc5)c4)C3=O)=C(C(=O)O)N3C(=O)[C@@H]1[C@@H]23.[NaH]. The number of hydrogen-bond acceptors (Lipinski definition) is 4. The van der Waals surface area contributed by atoms with E-state index in [1.165, 1.54) is 11.8 Å². The van der Waals surface area contributed by atoms with Gasteiger partial charge >= 0.3 is 35.5 Å². The van der Waals surface area contributed by atoms with Crippen molar-refractivity contribution in [1.29, 1.82) is 0 Å². The Hall–Kier alpha value is -3.27. The minimum absolute atomic E-state index is 0. The number of hydrogen-bond donors (Lipinski definition) is 1. The van der Waals surface area contributed by atoms with Crippen LogP contribution in [-0.4, -0.2) is 93.3 Å². The van der Waals surface area contributed by atoms with Crippen molar-refractivity contribution in [3.8, 4) is 0 Å². The normalized spacial score (nSPS) is 24.9. The van der Waals surface area contributed by atoms with Crippen molar-refractivity contribution in [3.63, 3.8) is 0 Å². The molecular weight excluding hydrogens is 495 g/mol. The van der Waals surface area contributed by atoms with Crippen LogP contribution in [0.1, 0.15) is 25.3 Å². The number of allylic oxidation sites excluding steroid dienone is 2. The predicted molar refractivity (Wildman–Crippen MR) is 139 cm³/mol. The van der Waals surface area contributed by atoms with Crippen LogP contribution >= 0.6 is 0 Å². The second kappa shape index (κ2) is 10.1. The first kappa shape index (κ1) is 26.3. The first-order valence-electron chi connectivity index (χ1n) is 12.5. The first-order valence-corrected chi connectivity index (χ1v) is 12.5. The maximum atomic E-state index is 13.4. The Kier molecular flexibility index (Phi) is 7.02. The van der Waals surface area contributed by atoms with Crippen molar-refractivity contribution < 1.29 is 28.9 Å². The van der Waals surface area contributed by atoms with Gasteiger partial charge in [0, 0.05) is 43.1 Å². The molecule has 0 unspecified atom stereocenters. The van der Waals surface area contributed by atoms with Gasteiger partial charge in [0.25, 0.3) is 11.8 Å². The number of carboxylic acids is 1. The van der Waals surface area contributed by atoms with E-state index in [0.717, 1.165) is 11.3 Å². The molecule has 38 heavy (non-hydrogen) atoms. The summed E-state index contributed by atoms with van der Waals surface area (Å²) in [4.78, 5) is 55.1. The fourth-order valence-electron chi connectivity index (χ4n) is 6.19. The zero-order valence-electron chi connectivity index (χ0n) is 20.4. The third-order valence-electron chi connectivity index (χ3n) is 7.83. The Morgan fingerprint density at radius 3 is 2.61 bits per heavy atom. The number of β-lactam (4-membered cyclic amide) rings is 1. The molecule has 4 aliphatic rings. The zero-order valence-corrected chi connectivity index (χ0v) is 20.4. The number of benzene rings is 1. The predicted octanol–water partition coefficient (Wildman–Crippen LogP) is 0.837. The van der Waals surface area contributed by atoms with Crippen LogP contribution in [0.3, 0.4) is 0 Å². The van der Waals surface area contributed by atoms with Gasteiger partial charge in [-0.1, -0.05) is 30.3 Å². The molecule has 3 amide bonds. The molecule has 3 atom stereocenters. The molecule has 190 valence electrons. The van der Waals surface area contributed by atoms with Gasteiger partial charge in [0.1, 0.15) is 17.4 Å². The van der Waals surface area contributed by atoms with Crippen LogP contribution < -0.4 is 9.47 Å². The van der Waals surface area contributed by atoms with Crippen LogP contribution in [0, 0.1) is 5.92 Å². The molecular formula is C28H28N4NaO5+. The molecule has 0 radical (unpaired) electrons. The van der Waals surface area contributed by atoms with E-state index in [0.29, 0.717) is 43.6 Å². The Morgan fingerprint density at radius 2 is 1.89 bits per heavy atom. The number of carbonyl (C=O) groups is 4. The minimum atomic E-state index is -1.19. The Bertz CT molecular complexity index is 1400. The molecule has 9 nitrogen and oxygen atoms in total. The molecule has 3 fully saturated rings. The standard InChI is InChI=1S/C28H26N4O5.Na.H/c1-17(33)31-15-21-13-20(24(28(36)37)32-23(21)25(31)27(32)35)12-19-9-11-30(26(19)34)22-8-5-10-29(16-22)14-18-6-3-2-4-7-18;;/h2-8,10,12,16,21,23,25H,9,11,13-15H2,1H3;;/p+1/b19-12+;;/t21-,23-,25+;;/m1../s1. The van der Waals surface area contributed by atoms with Crippen LogP contribution in [0.2, 0.25) is 0 Å². The summed E-state index contributed by atoms with van der Waals surface area (Å²) in [5.41, 5.74) is 2.86. The summed E-state index contributed by atoms with van der Waals surface area (Å²) in [6, 6.07) is 13.0. The first-order chi connectivity index (χ1) is 17.8. The average Bonchev–Trinajstić information content (AvgIpc) is 3.43. The molecule has 1 N–H and O–H groups in total. The number of amides is 3. The van der Waals surface area contributed by atoms with Crippen LogP contribution in [0.5, 0.6) is 0 Å². The van der Waals surface area contributed by atoms with Crippen LogP contribution in [0.15, 0.2) is 77.8 Å². The van der Waals surface area contributed by atoms with Crippen LogP contribution in [-0.2, 0) is 25.7 Å². The van der Waals surface area contributed by atoms with E-state index in [1.54, 1.807) is 15.9 Å². The zero-order chi connectivity index (χ0) is 25.8. The molecule has 6 rings (SSSR count). The van der Waals surface area contributed by atoms with Crippen molar-refractivity contribution in [2.45, 2.75) is 38.4 Å². The number of aliphatic carboxylic acids is 1. The monoisotopic (exact) mass is 523 g/mol. The summed E-state index contributed by atoms with van der Waals surface area (Å²) >= 11 is 0. The summed E-state index contributed by atoms with van der Waals surface area (Å²) in [5.74, 6) is -1.94. The summed E-state index contributed by atoms with van der Waals surface area (Å²) in [7, 11) is 0. The van der Waals surface area contributed by atoms with Crippen molar-refractivity contribution in [1.82, 2.24) is 9.80 Å². The van der Waals surface area contributed by atoms with E-state index >= 15 is 0 Å². The van der Waals surface area contributed by atoms with E-state index in [2.05, 4.69) is 12.1 Å². The number of anilines is 1. The third kappa shape index (κ3) is 4.28. The number of nitrogens with zero attached hydrogens (tertiary/aromatic N) is 4. The molecule has 0 bridgehead atoms. The number of pyridine rings is 1. The summed E-state index contributed by atoms with van der Waals surface area (Å²) in [6.45, 7) is 3.02. The van der Waals surface area contributed by atoms with Gasteiger partial charge in [0.05, 0.1) is 6.04 Å². The Balaban J connectivity index is 0.00000294. The van der Waals surface area contributed by atoms with Gasteiger partial charge in [-0.2, -0.15) is 4.57 Å². The summed E-state index contributed by atoms with van der Waals surface area (Å²) in [5, 5.41) is 9.98. The maximum absolute atomic E-state index is 13.4. The molecule has 4 aliphatic heterocycles. The molecule has 1 aromatic heterocycles. The second-order valence-corrected chi connectivity index (χ2v) is 10.1. The third-order valence-corrected chi connectivity index (χ3v) is 7.83. The van der Waals surface area contributed by atoms with Crippen molar-refractivity contribution in [3.05, 3.63) is 83.3 Å². The van der Waals surface area contributed by atoms with Crippen molar-refractivity contribution in [2.75, 3.05) is 18.0 Å². The number of aromatic nitrogens is 1. The van der Waals surface area contributed by atoms with Gasteiger partial charge in [0.2, 0.25) is 5.91 Å². The molecule has 0 saturated carbocycles. The quantitative estimate of drug-likeness (QED) is 0.271. The molecule has 0 spiro atoms. The van der Waals surface area contributed by atoms with Crippen molar-refractivity contribution >= 4 is 58.9 Å². The van der Waals surface area contributed by atoms with E-state index in [4.69, 9.17) is 0 Å². The summed E-state index contributed by atoms with van der Waals surface area (Å²) in [6.07, 6.45) is 6.46.